The smallest absolute Gasteiger partial charge is 0.414 e. The van der Waals surface area contributed by atoms with Crippen molar-refractivity contribution in [2.45, 2.75) is 12.5 Å². The zero-order valence-corrected chi connectivity index (χ0v) is 14.0. The van der Waals surface area contributed by atoms with Gasteiger partial charge >= 0.3 is 12.2 Å². The van der Waals surface area contributed by atoms with Crippen LogP contribution in [0, 0.1) is 5.82 Å². The van der Waals surface area contributed by atoms with Crippen LogP contribution < -0.4 is 15.1 Å². The lowest BCUT2D eigenvalue weighted by atomic mass is 10.1. The summed E-state index contributed by atoms with van der Waals surface area (Å²) in [6.07, 6.45) is -2.03. The van der Waals surface area contributed by atoms with Gasteiger partial charge in [0.2, 0.25) is 5.91 Å². The van der Waals surface area contributed by atoms with Crippen molar-refractivity contribution < 1.29 is 32.6 Å². The molecule has 0 bridgehead atoms. The highest BCUT2D eigenvalue weighted by Gasteiger charge is 2.36. The molecule has 2 aliphatic rings. The minimum Gasteiger partial charge on any atom is -0.453 e. The molecule has 1 fully saturated rings. The highest BCUT2D eigenvalue weighted by molar-refractivity contribution is 6.02. The molecule has 2 aliphatic heterocycles. The monoisotopic (exact) mass is 369 g/mol. The summed E-state index contributed by atoms with van der Waals surface area (Å²) in [5.41, 5.74) is 0.678. The van der Waals surface area contributed by atoms with Crippen molar-refractivity contribution >= 4 is 29.5 Å². The number of rotatable bonds is 5. The van der Waals surface area contributed by atoms with E-state index < -0.39 is 36.7 Å². The van der Waals surface area contributed by atoms with E-state index in [4.69, 9.17) is 4.74 Å². The summed E-state index contributed by atoms with van der Waals surface area (Å²) in [5, 5.41) is 2.42. The number of nitrogens with zero attached hydrogens (tertiary/aromatic N) is 2. The van der Waals surface area contributed by atoms with E-state index in [9.17, 15) is 23.2 Å². The molecule has 140 valence electrons. The second kappa shape index (κ2) is 7.14. The van der Waals surface area contributed by atoms with Crippen LogP contribution >= 0.6 is 0 Å². The molecule has 0 spiro atoms. The van der Waals surface area contributed by atoms with Crippen LogP contribution in [-0.2, 0) is 20.7 Å². The summed E-state index contributed by atoms with van der Waals surface area (Å²) < 4.78 is 36.7. The Hall–Kier alpha value is -2.91. The van der Waals surface area contributed by atoms with Gasteiger partial charge in [-0.25, -0.2) is 18.4 Å². The predicted octanol–water partition coefficient (Wildman–Crippen LogP) is 1.37. The lowest BCUT2D eigenvalue weighted by Crippen LogP contribution is -2.34. The molecule has 1 unspecified atom stereocenters. The van der Waals surface area contributed by atoms with E-state index in [-0.39, 0.29) is 37.4 Å². The first-order valence-electron chi connectivity index (χ1n) is 7.93. The molecule has 10 heteroatoms. The zero-order chi connectivity index (χ0) is 18.8. The summed E-state index contributed by atoms with van der Waals surface area (Å²) in [6.45, 7) is -0.844. The largest absolute Gasteiger partial charge is 0.453 e. The minimum atomic E-state index is -0.778. The number of alkyl halides is 1. The average molecular weight is 369 g/mol. The van der Waals surface area contributed by atoms with Crippen LogP contribution in [0.4, 0.5) is 29.7 Å². The number of amides is 3. The Labute approximate surface area is 147 Å². The number of fused-ring (bicyclic) bond motifs is 1. The minimum absolute atomic E-state index is 0.0467. The van der Waals surface area contributed by atoms with Crippen molar-refractivity contribution in [3.05, 3.63) is 23.5 Å². The van der Waals surface area contributed by atoms with Gasteiger partial charge in [0, 0.05) is 0 Å². The predicted molar refractivity (Wildman–Crippen MR) is 86.5 cm³/mol. The third-order valence-electron chi connectivity index (χ3n) is 4.19. The van der Waals surface area contributed by atoms with Crippen molar-refractivity contribution in [1.29, 1.82) is 0 Å². The van der Waals surface area contributed by atoms with E-state index in [2.05, 4.69) is 10.1 Å². The van der Waals surface area contributed by atoms with Gasteiger partial charge in [0.15, 0.2) is 0 Å². The third kappa shape index (κ3) is 3.26. The molecule has 2 heterocycles. The first-order chi connectivity index (χ1) is 12.4. The van der Waals surface area contributed by atoms with Crippen LogP contribution in [0.2, 0.25) is 0 Å². The molecular formula is C16H17F2N3O5. The molecule has 3 rings (SSSR count). The van der Waals surface area contributed by atoms with E-state index in [1.165, 1.54) is 18.1 Å². The molecule has 3 amide bonds. The molecule has 0 saturated carbocycles. The number of halogens is 2. The second-order valence-electron chi connectivity index (χ2n) is 5.84. The first kappa shape index (κ1) is 17.9. The summed E-state index contributed by atoms with van der Waals surface area (Å²) in [7, 11) is 1.21. The van der Waals surface area contributed by atoms with Gasteiger partial charge in [0.05, 0.1) is 44.5 Å². The Balaban J connectivity index is 1.78. The first-order valence-corrected chi connectivity index (χ1v) is 7.93. The lowest BCUT2D eigenvalue weighted by molar-refractivity contribution is -0.117. The molecule has 1 aromatic carbocycles. The zero-order valence-electron chi connectivity index (χ0n) is 14.0. The molecule has 8 nitrogen and oxygen atoms in total. The van der Waals surface area contributed by atoms with Gasteiger partial charge in [0.1, 0.15) is 18.6 Å². The van der Waals surface area contributed by atoms with Gasteiger partial charge in [-0.3, -0.25) is 9.69 Å². The van der Waals surface area contributed by atoms with Gasteiger partial charge < -0.3 is 19.7 Å². The van der Waals surface area contributed by atoms with Gasteiger partial charge in [0.25, 0.3) is 0 Å². The van der Waals surface area contributed by atoms with Crippen LogP contribution in [0.15, 0.2) is 12.1 Å². The normalized spacial score (nSPS) is 18.8. The Kier molecular flexibility index (Phi) is 4.92. The molecule has 26 heavy (non-hydrogen) atoms. The van der Waals surface area contributed by atoms with E-state index in [0.29, 0.717) is 5.56 Å². The maximum Gasteiger partial charge on any atom is 0.414 e. The summed E-state index contributed by atoms with van der Waals surface area (Å²) in [6, 6.07) is 2.63. The third-order valence-corrected chi connectivity index (χ3v) is 4.19. The van der Waals surface area contributed by atoms with Crippen molar-refractivity contribution in [1.82, 2.24) is 5.32 Å². The number of nitrogens with one attached hydrogen (secondary N) is 1. The number of carbonyl (C=O) groups is 3. The molecule has 0 aliphatic carbocycles. The topological polar surface area (TPSA) is 88.2 Å². The summed E-state index contributed by atoms with van der Waals surface area (Å²) >= 11 is 0. The van der Waals surface area contributed by atoms with Crippen molar-refractivity contribution in [3.8, 4) is 0 Å². The van der Waals surface area contributed by atoms with Gasteiger partial charge in [-0.05, 0) is 17.7 Å². The fraction of sp³-hybridized carbons (Fsp3) is 0.438. The standard InChI is InChI=1S/C16H17F2N3O5/c1-25-15(23)19-7-11-8-21(16(24)26-11)10-4-9-5-13(22)20(3-2-17)14(9)12(18)6-10/h4,6,11H,2-3,5,7-8H2,1H3,(H,19,23). The Morgan fingerprint density at radius 2 is 2.19 bits per heavy atom. The maximum atomic E-state index is 14.5. The van der Waals surface area contributed by atoms with E-state index in [1.54, 1.807) is 0 Å². The van der Waals surface area contributed by atoms with E-state index in [0.717, 1.165) is 11.0 Å². The van der Waals surface area contributed by atoms with Crippen molar-refractivity contribution in [3.63, 3.8) is 0 Å². The second-order valence-corrected chi connectivity index (χ2v) is 5.84. The van der Waals surface area contributed by atoms with Crippen LogP contribution in [0.5, 0.6) is 0 Å². The van der Waals surface area contributed by atoms with E-state index >= 15 is 0 Å². The van der Waals surface area contributed by atoms with Gasteiger partial charge in [-0.1, -0.05) is 0 Å². The molecule has 1 saturated heterocycles. The quantitative estimate of drug-likeness (QED) is 0.847. The number of hydrogen-bond acceptors (Lipinski definition) is 5. The van der Waals surface area contributed by atoms with Crippen molar-refractivity contribution in [2.75, 3.05) is 43.2 Å². The molecule has 1 atom stereocenters. The van der Waals surface area contributed by atoms with E-state index in [1.807, 2.05) is 0 Å². The van der Waals surface area contributed by atoms with Gasteiger partial charge in [-0.2, -0.15) is 0 Å². The number of hydrogen-bond donors (Lipinski definition) is 1. The molecule has 0 radical (unpaired) electrons. The van der Waals surface area contributed by atoms with Crippen LogP contribution in [0.3, 0.4) is 0 Å². The number of carbonyl (C=O) groups excluding carboxylic acids is 3. The Morgan fingerprint density at radius 1 is 1.42 bits per heavy atom. The number of cyclic esters (lactones) is 1. The lowest BCUT2D eigenvalue weighted by Gasteiger charge is -2.18. The summed E-state index contributed by atoms with van der Waals surface area (Å²) in [4.78, 5) is 37.4. The number of ether oxygens (including phenoxy) is 2. The van der Waals surface area contributed by atoms with Gasteiger partial charge in [-0.15, -0.1) is 0 Å². The molecular weight excluding hydrogens is 352 g/mol. The fourth-order valence-corrected chi connectivity index (χ4v) is 3.05. The van der Waals surface area contributed by atoms with Crippen LogP contribution in [-0.4, -0.2) is 57.6 Å². The Morgan fingerprint density at radius 3 is 2.88 bits per heavy atom. The van der Waals surface area contributed by atoms with Crippen molar-refractivity contribution in [2.24, 2.45) is 0 Å². The number of methoxy groups -OCH3 is 1. The molecule has 1 N–H and O–H groups in total. The highest BCUT2D eigenvalue weighted by atomic mass is 19.1. The maximum absolute atomic E-state index is 14.5. The summed E-state index contributed by atoms with van der Waals surface area (Å²) in [5.74, 6) is -1.10. The van der Waals surface area contributed by atoms with Crippen LogP contribution in [0.25, 0.3) is 0 Å². The van der Waals surface area contributed by atoms with Crippen LogP contribution in [0.1, 0.15) is 5.56 Å². The fourth-order valence-electron chi connectivity index (χ4n) is 3.05. The SMILES string of the molecule is COC(=O)NCC1CN(c2cc(F)c3c(c2)CC(=O)N3CCF)C(=O)O1. The molecule has 0 aromatic heterocycles. The Bertz CT molecular complexity index is 758. The highest BCUT2D eigenvalue weighted by Crippen LogP contribution is 2.36. The molecule has 1 aromatic rings. The number of benzene rings is 1. The number of anilines is 2. The number of alkyl carbamates (subject to hydrolysis) is 1. The average Bonchev–Trinajstić information content (AvgIpc) is 3.13.